The average molecular weight is 343 g/mol. The highest BCUT2D eigenvalue weighted by Crippen LogP contribution is 2.25. The van der Waals surface area contributed by atoms with Gasteiger partial charge < -0.3 is 11.1 Å². The highest BCUT2D eigenvalue weighted by atomic mass is 79.9. The number of aromatic nitrogens is 2. The molecule has 1 aromatic heterocycles. The molecular weight excluding hydrogens is 328 g/mol. The largest absolute Gasteiger partial charge is 0.368 e. The molecule has 0 radical (unpaired) electrons. The quantitative estimate of drug-likeness (QED) is 0.762. The summed E-state index contributed by atoms with van der Waals surface area (Å²) in [4.78, 5) is 9.29. The van der Waals surface area contributed by atoms with Crippen molar-refractivity contribution >= 4 is 32.7 Å². The normalized spacial score (nSPS) is 10.8. The number of halogens is 1. The second kappa shape index (κ2) is 6.20. The molecule has 21 heavy (non-hydrogen) atoms. The van der Waals surface area contributed by atoms with Gasteiger partial charge in [0.2, 0.25) is 0 Å². The van der Waals surface area contributed by atoms with E-state index in [2.05, 4.69) is 31.2 Å². The van der Waals surface area contributed by atoms with Crippen LogP contribution in [-0.4, -0.2) is 23.1 Å². The molecule has 0 aliphatic heterocycles. The number of anilines is 1. The van der Waals surface area contributed by atoms with Crippen molar-refractivity contribution in [1.29, 1.82) is 0 Å². The lowest BCUT2D eigenvalue weighted by atomic mass is 10.2. The molecule has 0 aliphatic carbocycles. The molecule has 0 amide bonds. The molecule has 3 aromatic rings. The van der Waals surface area contributed by atoms with Gasteiger partial charge in [-0.05, 0) is 24.3 Å². The molecule has 0 aliphatic rings. The molecule has 0 saturated carbocycles. The number of rotatable bonds is 4. The van der Waals surface area contributed by atoms with Crippen molar-refractivity contribution in [2.75, 3.05) is 18.4 Å². The van der Waals surface area contributed by atoms with Gasteiger partial charge in [0.05, 0.1) is 5.52 Å². The van der Waals surface area contributed by atoms with Crippen LogP contribution in [0.5, 0.6) is 0 Å². The molecular formula is C16H15BrN4. The summed E-state index contributed by atoms with van der Waals surface area (Å²) < 4.78 is 1.04. The van der Waals surface area contributed by atoms with E-state index in [1.54, 1.807) is 0 Å². The Hall–Kier alpha value is -1.98. The van der Waals surface area contributed by atoms with Gasteiger partial charge >= 0.3 is 0 Å². The molecule has 1 heterocycles. The van der Waals surface area contributed by atoms with Crippen molar-refractivity contribution in [2.45, 2.75) is 0 Å². The Morgan fingerprint density at radius 1 is 1.00 bits per heavy atom. The smallest absolute Gasteiger partial charge is 0.162 e. The summed E-state index contributed by atoms with van der Waals surface area (Å²) in [6.07, 6.45) is 0. The number of hydrogen-bond acceptors (Lipinski definition) is 4. The summed E-state index contributed by atoms with van der Waals surface area (Å²) in [7, 11) is 0. The standard InChI is InChI=1S/C16H15BrN4/c17-12-7-5-11(6-8-12)15-20-14-4-2-1-3-13(14)16(21-15)19-10-9-18/h1-8H,9-10,18H2,(H,19,20,21). The topological polar surface area (TPSA) is 63.8 Å². The average Bonchev–Trinajstić information content (AvgIpc) is 2.53. The number of benzene rings is 2. The molecule has 0 saturated heterocycles. The molecule has 0 bridgehead atoms. The molecule has 2 aromatic carbocycles. The van der Waals surface area contributed by atoms with E-state index in [0.29, 0.717) is 18.9 Å². The maximum absolute atomic E-state index is 5.58. The summed E-state index contributed by atoms with van der Waals surface area (Å²) in [5.74, 6) is 1.53. The Kier molecular flexibility index (Phi) is 4.13. The van der Waals surface area contributed by atoms with Crippen LogP contribution in [-0.2, 0) is 0 Å². The molecule has 0 unspecified atom stereocenters. The van der Waals surface area contributed by atoms with E-state index in [9.17, 15) is 0 Å². The minimum atomic E-state index is 0.561. The first-order valence-corrected chi connectivity index (χ1v) is 7.54. The van der Waals surface area contributed by atoms with Crippen LogP contribution in [0.3, 0.4) is 0 Å². The molecule has 106 valence electrons. The van der Waals surface area contributed by atoms with E-state index >= 15 is 0 Å². The molecule has 5 heteroatoms. The van der Waals surface area contributed by atoms with Crippen LogP contribution >= 0.6 is 15.9 Å². The molecule has 4 nitrogen and oxygen atoms in total. The lowest BCUT2D eigenvalue weighted by Crippen LogP contribution is -2.14. The summed E-state index contributed by atoms with van der Waals surface area (Å²) >= 11 is 3.44. The minimum absolute atomic E-state index is 0.561. The first-order chi connectivity index (χ1) is 10.3. The van der Waals surface area contributed by atoms with Crippen LogP contribution < -0.4 is 11.1 Å². The third-order valence-corrected chi connectivity index (χ3v) is 3.67. The summed E-state index contributed by atoms with van der Waals surface area (Å²) in [6, 6.07) is 15.9. The number of nitrogens with zero attached hydrogens (tertiary/aromatic N) is 2. The summed E-state index contributed by atoms with van der Waals surface area (Å²) in [5, 5.41) is 4.28. The monoisotopic (exact) mass is 342 g/mol. The van der Waals surface area contributed by atoms with E-state index in [-0.39, 0.29) is 0 Å². The second-order valence-electron chi connectivity index (χ2n) is 4.64. The van der Waals surface area contributed by atoms with Crippen LogP contribution in [0.4, 0.5) is 5.82 Å². The van der Waals surface area contributed by atoms with Gasteiger partial charge in [-0.3, -0.25) is 0 Å². The molecule has 0 spiro atoms. The van der Waals surface area contributed by atoms with Crippen molar-refractivity contribution in [3.63, 3.8) is 0 Å². The van der Waals surface area contributed by atoms with E-state index in [0.717, 1.165) is 26.8 Å². The molecule has 3 rings (SSSR count). The minimum Gasteiger partial charge on any atom is -0.368 e. The van der Waals surface area contributed by atoms with E-state index in [1.807, 2.05) is 48.5 Å². The first-order valence-electron chi connectivity index (χ1n) is 6.74. The fourth-order valence-corrected chi connectivity index (χ4v) is 2.39. The van der Waals surface area contributed by atoms with Crippen molar-refractivity contribution in [2.24, 2.45) is 5.73 Å². The zero-order chi connectivity index (χ0) is 14.7. The number of fused-ring (bicyclic) bond motifs is 1. The summed E-state index contributed by atoms with van der Waals surface area (Å²) in [6.45, 7) is 1.24. The molecule has 3 N–H and O–H groups in total. The van der Waals surface area contributed by atoms with Gasteiger partial charge in [0.15, 0.2) is 5.82 Å². The third-order valence-electron chi connectivity index (χ3n) is 3.14. The van der Waals surface area contributed by atoms with E-state index < -0.39 is 0 Å². The zero-order valence-electron chi connectivity index (χ0n) is 11.4. The Morgan fingerprint density at radius 2 is 1.76 bits per heavy atom. The van der Waals surface area contributed by atoms with Gasteiger partial charge in [0.1, 0.15) is 5.82 Å². The second-order valence-corrected chi connectivity index (χ2v) is 5.55. The van der Waals surface area contributed by atoms with Gasteiger partial charge in [0, 0.05) is 28.5 Å². The van der Waals surface area contributed by atoms with Crippen LogP contribution in [0.2, 0.25) is 0 Å². The molecule has 0 atom stereocenters. The van der Waals surface area contributed by atoms with Gasteiger partial charge in [-0.2, -0.15) is 0 Å². The van der Waals surface area contributed by atoms with Gasteiger partial charge in [-0.25, -0.2) is 9.97 Å². The zero-order valence-corrected chi connectivity index (χ0v) is 13.0. The number of hydrogen-bond donors (Lipinski definition) is 2. The van der Waals surface area contributed by atoms with Gasteiger partial charge in [-0.1, -0.05) is 40.2 Å². The lowest BCUT2D eigenvalue weighted by Gasteiger charge is -2.10. The SMILES string of the molecule is NCCNc1nc(-c2ccc(Br)cc2)nc2ccccc12. The van der Waals surface area contributed by atoms with Crippen molar-refractivity contribution in [3.8, 4) is 11.4 Å². The number of para-hydroxylation sites is 1. The van der Waals surface area contributed by atoms with E-state index in [1.165, 1.54) is 0 Å². The maximum atomic E-state index is 5.58. The fraction of sp³-hybridized carbons (Fsp3) is 0.125. The highest BCUT2D eigenvalue weighted by Gasteiger charge is 2.08. The number of nitrogens with two attached hydrogens (primary N) is 1. The first kappa shape index (κ1) is 14.0. The predicted molar refractivity (Wildman–Crippen MR) is 90.2 cm³/mol. The van der Waals surface area contributed by atoms with Crippen LogP contribution in [0.25, 0.3) is 22.3 Å². The Bertz CT molecular complexity index is 756. The third kappa shape index (κ3) is 3.04. The predicted octanol–water partition coefficient (Wildman–Crippen LogP) is 3.43. The Labute approximate surface area is 131 Å². The van der Waals surface area contributed by atoms with Crippen molar-refractivity contribution in [1.82, 2.24) is 9.97 Å². The van der Waals surface area contributed by atoms with Crippen molar-refractivity contribution in [3.05, 3.63) is 53.0 Å². The molecule has 0 fully saturated rings. The van der Waals surface area contributed by atoms with Crippen LogP contribution in [0.15, 0.2) is 53.0 Å². The van der Waals surface area contributed by atoms with E-state index in [4.69, 9.17) is 5.73 Å². The fourth-order valence-electron chi connectivity index (χ4n) is 2.13. The maximum Gasteiger partial charge on any atom is 0.162 e. The number of nitrogens with one attached hydrogen (secondary N) is 1. The van der Waals surface area contributed by atoms with Crippen molar-refractivity contribution < 1.29 is 0 Å². The Balaban J connectivity index is 2.12. The lowest BCUT2D eigenvalue weighted by molar-refractivity contribution is 1.01. The van der Waals surface area contributed by atoms with Gasteiger partial charge in [0.25, 0.3) is 0 Å². The van der Waals surface area contributed by atoms with Crippen LogP contribution in [0.1, 0.15) is 0 Å². The summed E-state index contributed by atoms with van der Waals surface area (Å²) in [5.41, 5.74) is 7.48. The highest BCUT2D eigenvalue weighted by molar-refractivity contribution is 9.10. The van der Waals surface area contributed by atoms with Crippen LogP contribution in [0, 0.1) is 0 Å². The Morgan fingerprint density at radius 3 is 2.52 bits per heavy atom. The van der Waals surface area contributed by atoms with Gasteiger partial charge in [-0.15, -0.1) is 0 Å².